The van der Waals surface area contributed by atoms with Crippen LogP contribution in [0.5, 0.6) is 0 Å². The number of carbonyl (C=O) groups excluding carboxylic acids is 1. The van der Waals surface area contributed by atoms with Gasteiger partial charge in [0.05, 0.1) is 12.1 Å². The first-order chi connectivity index (χ1) is 8.49. The first-order valence-corrected chi connectivity index (χ1v) is 7.41. The van der Waals surface area contributed by atoms with Gasteiger partial charge in [-0.1, -0.05) is 6.92 Å². The van der Waals surface area contributed by atoms with E-state index in [2.05, 4.69) is 44.4 Å². The Hall–Kier alpha value is -0.870. The van der Waals surface area contributed by atoms with Crippen molar-refractivity contribution in [2.45, 2.75) is 46.2 Å². The van der Waals surface area contributed by atoms with Gasteiger partial charge < -0.3 is 10.6 Å². The van der Waals surface area contributed by atoms with Gasteiger partial charge in [-0.25, -0.2) is 0 Å². The van der Waals surface area contributed by atoms with Crippen LogP contribution in [-0.4, -0.2) is 18.5 Å². The zero-order valence-corrected chi connectivity index (χ0v) is 12.4. The van der Waals surface area contributed by atoms with Crippen LogP contribution in [0.25, 0.3) is 0 Å². The number of amides is 1. The van der Waals surface area contributed by atoms with Crippen LogP contribution >= 0.6 is 11.3 Å². The van der Waals surface area contributed by atoms with Gasteiger partial charge in [-0.15, -0.1) is 11.3 Å². The SMILES string of the molecule is Cc1cc(C(C)NC(=O)C2NCCC2C)c(C)s1. The number of aryl methyl sites for hydroxylation is 2. The van der Waals surface area contributed by atoms with E-state index < -0.39 is 0 Å². The van der Waals surface area contributed by atoms with Gasteiger partial charge in [0.2, 0.25) is 5.91 Å². The third kappa shape index (κ3) is 2.75. The highest BCUT2D eigenvalue weighted by molar-refractivity contribution is 7.12. The molecular formula is C14H22N2OS. The van der Waals surface area contributed by atoms with E-state index in [4.69, 9.17) is 0 Å². The number of rotatable bonds is 3. The Morgan fingerprint density at radius 2 is 2.28 bits per heavy atom. The number of thiophene rings is 1. The molecule has 1 fully saturated rings. The van der Waals surface area contributed by atoms with Crippen molar-refractivity contribution >= 4 is 17.2 Å². The first-order valence-electron chi connectivity index (χ1n) is 6.59. The fraction of sp³-hybridized carbons (Fsp3) is 0.643. The Labute approximate surface area is 113 Å². The highest BCUT2D eigenvalue weighted by Gasteiger charge is 2.30. The van der Waals surface area contributed by atoms with E-state index in [0.717, 1.165) is 13.0 Å². The van der Waals surface area contributed by atoms with Crippen LogP contribution in [0.1, 0.15) is 41.6 Å². The van der Waals surface area contributed by atoms with Gasteiger partial charge in [0, 0.05) is 9.75 Å². The number of hydrogen-bond donors (Lipinski definition) is 2. The van der Waals surface area contributed by atoms with Crippen molar-refractivity contribution in [3.63, 3.8) is 0 Å². The molecule has 0 saturated carbocycles. The Morgan fingerprint density at radius 1 is 1.56 bits per heavy atom. The summed E-state index contributed by atoms with van der Waals surface area (Å²) in [6.07, 6.45) is 1.09. The van der Waals surface area contributed by atoms with Gasteiger partial charge in [-0.2, -0.15) is 0 Å². The van der Waals surface area contributed by atoms with E-state index in [1.165, 1.54) is 15.3 Å². The average molecular weight is 266 g/mol. The van der Waals surface area contributed by atoms with Crippen molar-refractivity contribution in [1.82, 2.24) is 10.6 Å². The van der Waals surface area contributed by atoms with Crippen LogP contribution in [-0.2, 0) is 4.79 Å². The van der Waals surface area contributed by atoms with Crippen LogP contribution in [0, 0.1) is 19.8 Å². The first kappa shape index (κ1) is 13.6. The van der Waals surface area contributed by atoms with Gasteiger partial charge in [0.1, 0.15) is 0 Å². The van der Waals surface area contributed by atoms with Gasteiger partial charge >= 0.3 is 0 Å². The minimum Gasteiger partial charge on any atom is -0.348 e. The topological polar surface area (TPSA) is 41.1 Å². The summed E-state index contributed by atoms with van der Waals surface area (Å²) in [5.74, 6) is 0.568. The largest absolute Gasteiger partial charge is 0.348 e. The Bertz CT molecular complexity index is 441. The molecule has 1 amide bonds. The van der Waals surface area contributed by atoms with Crippen molar-refractivity contribution in [2.75, 3.05) is 6.54 Å². The lowest BCUT2D eigenvalue weighted by molar-refractivity contribution is -0.124. The second-order valence-electron chi connectivity index (χ2n) is 5.30. The third-order valence-corrected chi connectivity index (χ3v) is 4.70. The van der Waals surface area contributed by atoms with E-state index in [9.17, 15) is 4.79 Å². The van der Waals surface area contributed by atoms with Crippen LogP contribution in [0.15, 0.2) is 6.07 Å². The normalized spacial score (nSPS) is 25.1. The molecule has 0 bridgehead atoms. The lowest BCUT2D eigenvalue weighted by Crippen LogP contribution is -2.44. The molecule has 1 aliphatic rings. The molecule has 3 nitrogen and oxygen atoms in total. The molecule has 2 rings (SSSR count). The van der Waals surface area contributed by atoms with Gasteiger partial charge in [0.25, 0.3) is 0 Å². The van der Waals surface area contributed by atoms with Crippen molar-refractivity contribution in [3.05, 3.63) is 21.4 Å². The Kier molecular flexibility index (Phi) is 4.07. The van der Waals surface area contributed by atoms with E-state index in [0.29, 0.717) is 5.92 Å². The molecule has 1 aliphatic heterocycles. The zero-order valence-electron chi connectivity index (χ0n) is 11.5. The fourth-order valence-electron chi connectivity index (χ4n) is 2.65. The minimum absolute atomic E-state index is 0.0208. The maximum Gasteiger partial charge on any atom is 0.237 e. The Morgan fingerprint density at radius 3 is 2.78 bits per heavy atom. The second-order valence-corrected chi connectivity index (χ2v) is 6.76. The van der Waals surface area contributed by atoms with E-state index >= 15 is 0 Å². The molecule has 1 saturated heterocycles. The molecule has 1 aromatic rings. The zero-order chi connectivity index (χ0) is 13.3. The summed E-state index contributed by atoms with van der Waals surface area (Å²) in [5, 5.41) is 6.40. The molecule has 1 aromatic heterocycles. The molecule has 2 heterocycles. The summed E-state index contributed by atoms with van der Waals surface area (Å²) in [6, 6.07) is 2.25. The molecule has 0 aromatic carbocycles. The molecule has 3 atom stereocenters. The predicted octanol–water partition coefficient (Wildman–Crippen LogP) is 2.54. The predicted molar refractivity (Wildman–Crippen MR) is 75.9 cm³/mol. The van der Waals surface area contributed by atoms with Crippen LogP contribution in [0.2, 0.25) is 0 Å². The third-order valence-electron chi connectivity index (χ3n) is 3.72. The van der Waals surface area contributed by atoms with Gasteiger partial charge in [-0.3, -0.25) is 4.79 Å². The maximum absolute atomic E-state index is 12.2. The van der Waals surface area contributed by atoms with E-state index in [1.54, 1.807) is 11.3 Å². The van der Waals surface area contributed by atoms with Crippen molar-refractivity contribution in [2.24, 2.45) is 5.92 Å². The quantitative estimate of drug-likeness (QED) is 0.882. The van der Waals surface area contributed by atoms with E-state index in [1.807, 2.05) is 0 Å². The standard InChI is InChI=1S/C14H22N2OS/c1-8-5-6-15-13(8)14(17)16-10(3)12-7-9(2)18-11(12)4/h7-8,10,13,15H,5-6H2,1-4H3,(H,16,17). The fourth-order valence-corrected chi connectivity index (χ4v) is 3.67. The summed E-state index contributed by atoms with van der Waals surface area (Å²) in [6.45, 7) is 9.37. The molecule has 3 unspecified atom stereocenters. The minimum atomic E-state index is -0.0208. The van der Waals surface area contributed by atoms with Gasteiger partial charge in [-0.05, 0) is 51.3 Å². The molecule has 0 aliphatic carbocycles. The molecular weight excluding hydrogens is 244 g/mol. The van der Waals surface area contributed by atoms with Crippen LogP contribution in [0.3, 0.4) is 0 Å². The molecule has 18 heavy (non-hydrogen) atoms. The van der Waals surface area contributed by atoms with Crippen molar-refractivity contribution in [3.8, 4) is 0 Å². The lowest BCUT2D eigenvalue weighted by Gasteiger charge is -2.20. The number of nitrogens with one attached hydrogen (secondary N) is 2. The molecule has 4 heteroatoms. The maximum atomic E-state index is 12.2. The highest BCUT2D eigenvalue weighted by atomic mass is 32.1. The monoisotopic (exact) mass is 266 g/mol. The van der Waals surface area contributed by atoms with Crippen LogP contribution in [0.4, 0.5) is 0 Å². The van der Waals surface area contributed by atoms with E-state index in [-0.39, 0.29) is 18.0 Å². The summed E-state index contributed by atoms with van der Waals surface area (Å²) in [5.41, 5.74) is 1.25. The van der Waals surface area contributed by atoms with Crippen molar-refractivity contribution < 1.29 is 4.79 Å². The van der Waals surface area contributed by atoms with Crippen LogP contribution < -0.4 is 10.6 Å². The molecule has 0 spiro atoms. The van der Waals surface area contributed by atoms with Gasteiger partial charge in [0.15, 0.2) is 0 Å². The molecule has 2 N–H and O–H groups in total. The highest BCUT2D eigenvalue weighted by Crippen LogP contribution is 2.26. The molecule has 0 radical (unpaired) electrons. The summed E-state index contributed by atoms with van der Waals surface area (Å²) < 4.78 is 0. The average Bonchev–Trinajstić information content (AvgIpc) is 2.84. The summed E-state index contributed by atoms with van der Waals surface area (Å²) in [4.78, 5) is 14.8. The van der Waals surface area contributed by atoms with Crippen molar-refractivity contribution in [1.29, 1.82) is 0 Å². The Balaban J connectivity index is 2.01. The number of hydrogen-bond acceptors (Lipinski definition) is 3. The smallest absolute Gasteiger partial charge is 0.237 e. The second kappa shape index (κ2) is 5.41. The summed E-state index contributed by atoms with van der Waals surface area (Å²) in [7, 11) is 0. The lowest BCUT2D eigenvalue weighted by atomic mass is 10.0. The summed E-state index contributed by atoms with van der Waals surface area (Å²) >= 11 is 1.79. The number of carbonyl (C=O) groups is 1. The molecule has 100 valence electrons.